The molecule has 0 aliphatic heterocycles. The minimum Gasteiger partial charge on any atom is -0.316 e. The summed E-state index contributed by atoms with van der Waals surface area (Å²) >= 11 is 1.35. The molecule has 1 aromatic rings. The lowest BCUT2D eigenvalue weighted by Gasteiger charge is -2.20. The Hall–Kier alpha value is -0.570. The quantitative estimate of drug-likeness (QED) is 0.737. The van der Waals surface area contributed by atoms with Crippen molar-refractivity contribution in [3.05, 3.63) is 20.2 Å². The summed E-state index contributed by atoms with van der Waals surface area (Å²) in [6.07, 6.45) is 6.52. The van der Waals surface area contributed by atoms with Crippen LogP contribution in [0.4, 0.5) is 0 Å². The molecule has 0 unspecified atom stereocenters. The molecule has 0 amide bonds. The highest BCUT2D eigenvalue weighted by atomic mass is 32.1. The molecule has 1 aliphatic carbocycles. The maximum Gasteiger partial charge on any atom is 0.304 e. The molecule has 0 aromatic carbocycles. The summed E-state index contributed by atoms with van der Waals surface area (Å²) in [5, 5.41) is 0. The third kappa shape index (κ3) is 1.85. The van der Waals surface area contributed by atoms with Crippen molar-refractivity contribution in [1.29, 1.82) is 0 Å². The Bertz CT molecular complexity index is 333. The zero-order valence-electron chi connectivity index (χ0n) is 7.93. The summed E-state index contributed by atoms with van der Waals surface area (Å²) in [6, 6.07) is 0. The molecule has 72 valence electrons. The molecule has 1 aromatic heterocycles. The van der Waals surface area contributed by atoms with Gasteiger partial charge in [-0.25, -0.2) is 0 Å². The molecule has 2 nitrogen and oxygen atoms in total. The minimum absolute atomic E-state index is 0.109. The number of nitrogens with one attached hydrogen (secondary N) is 1. The lowest BCUT2D eigenvalue weighted by atomic mass is 9.87. The summed E-state index contributed by atoms with van der Waals surface area (Å²) < 4.78 is 0. The fourth-order valence-corrected chi connectivity index (χ4v) is 2.97. The van der Waals surface area contributed by atoms with Crippen LogP contribution in [0.3, 0.4) is 0 Å². The van der Waals surface area contributed by atoms with Crippen molar-refractivity contribution in [3.63, 3.8) is 0 Å². The Kier molecular flexibility index (Phi) is 2.54. The molecular formula is C10H15NOS. The van der Waals surface area contributed by atoms with Gasteiger partial charge in [0.15, 0.2) is 0 Å². The molecule has 0 bridgehead atoms. The molecule has 1 fully saturated rings. The zero-order valence-corrected chi connectivity index (χ0v) is 8.75. The van der Waals surface area contributed by atoms with Crippen molar-refractivity contribution in [2.24, 2.45) is 0 Å². The summed E-state index contributed by atoms with van der Waals surface area (Å²) in [5.41, 5.74) is 1.22. The minimum atomic E-state index is 0.109. The second-order valence-corrected chi connectivity index (χ2v) is 5.01. The first kappa shape index (κ1) is 9.00. The standard InChI is InChI=1S/C10H15NOS/c1-7-9(11-10(12)13-7)8-5-3-2-4-6-8/h8H,2-6H2,1H3,(H,11,12). The van der Waals surface area contributed by atoms with Crippen molar-refractivity contribution < 1.29 is 0 Å². The van der Waals surface area contributed by atoms with Crippen LogP contribution in [0.15, 0.2) is 4.79 Å². The molecule has 13 heavy (non-hydrogen) atoms. The smallest absolute Gasteiger partial charge is 0.304 e. The lowest BCUT2D eigenvalue weighted by molar-refractivity contribution is 0.436. The van der Waals surface area contributed by atoms with Crippen LogP contribution in [-0.2, 0) is 0 Å². The third-order valence-corrected chi connectivity index (χ3v) is 3.69. The average molecular weight is 197 g/mol. The first-order chi connectivity index (χ1) is 6.27. The Labute approximate surface area is 82.0 Å². The number of rotatable bonds is 1. The Balaban J connectivity index is 2.23. The number of aryl methyl sites for hydroxylation is 1. The molecule has 0 saturated heterocycles. The highest BCUT2D eigenvalue weighted by molar-refractivity contribution is 7.09. The van der Waals surface area contributed by atoms with Gasteiger partial charge in [0, 0.05) is 16.5 Å². The lowest BCUT2D eigenvalue weighted by Crippen LogP contribution is -2.07. The van der Waals surface area contributed by atoms with Crippen LogP contribution in [0.1, 0.15) is 48.6 Å². The molecule has 1 heterocycles. The van der Waals surface area contributed by atoms with Crippen LogP contribution in [0, 0.1) is 6.92 Å². The molecule has 1 aliphatic rings. The number of hydrogen-bond acceptors (Lipinski definition) is 2. The molecule has 0 atom stereocenters. The summed E-state index contributed by atoms with van der Waals surface area (Å²) in [6.45, 7) is 2.05. The number of aromatic amines is 1. The first-order valence-corrected chi connectivity index (χ1v) is 5.78. The average Bonchev–Trinajstić information content (AvgIpc) is 2.47. The van der Waals surface area contributed by atoms with Crippen molar-refractivity contribution in [2.75, 3.05) is 0 Å². The van der Waals surface area contributed by atoms with Crippen LogP contribution in [0.25, 0.3) is 0 Å². The Morgan fingerprint density at radius 3 is 2.54 bits per heavy atom. The van der Waals surface area contributed by atoms with Crippen LogP contribution in [0.2, 0.25) is 0 Å². The van der Waals surface area contributed by atoms with Crippen LogP contribution in [-0.4, -0.2) is 4.98 Å². The van der Waals surface area contributed by atoms with E-state index < -0.39 is 0 Å². The van der Waals surface area contributed by atoms with Gasteiger partial charge in [0.05, 0.1) is 0 Å². The van der Waals surface area contributed by atoms with E-state index in [-0.39, 0.29) is 4.87 Å². The van der Waals surface area contributed by atoms with Gasteiger partial charge in [0.2, 0.25) is 0 Å². The van der Waals surface area contributed by atoms with Gasteiger partial charge in [0.1, 0.15) is 0 Å². The van der Waals surface area contributed by atoms with Crippen molar-refractivity contribution in [3.8, 4) is 0 Å². The van der Waals surface area contributed by atoms with E-state index in [2.05, 4.69) is 4.98 Å². The van der Waals surface area contributed by atoms with Gasteiger partial charge in [-0.15, -0.1) is 0 Å². The summed E-state index contributed by atoms with van der Waals surface area (Å²) in [5.74, 6) is 0.632. The fourth-order valence-electron chi connectivity index (χ4n) is 2.20. The SMILES string of the molecule is Cc1sc(=O)[nH]c1C1CCCCC1. The van der Waals surface area contributed by atoms with Gasteiger partial charge < -0.3 is 4.98 Å². The molecule has 1 N–H and O–H groups in total. The fraction of sp³-hybridized carbons (Fsp3) is 0.700. The maximum atomic E-state index is 11.1. The Morgan fingerprint density at radius 1 is 1.31 bits per heavy atom. The molecule has 1 saturated carbocycles. The Morgan fingerprint density at radius 2 is 2.00 bits per heavy atom. The van der Waals surface area contributed by atoms with Gasteiger partial charge in [-0.1, -0.05) is 30.6 Å². The van der Waals surface area contributed by atoms with Crippen molar-refractivity contribution >= 4 is 11.3 Å². The van der Waals surface area contributed by atoms with E-state index in [1.54, 1.807) is 0 Å². The number of H-pyrrole nitrogens is 1. The summed E-state index contributed by atoms with van der Waals surface area (Å²) in [7, 11) is 0. The third-order valence-electron chi connectivity index (χ3n) is 2.88. The molecule has 0 radical (unpaired) electrons. The largest absolute Gasteiger partial charge is 0.316 e. The van der Waals surface area contributed by atoms with E-state index >= 15 is 0 Å². The predicted molar refractivity (Wildman–Crippen MR) is 55.5 cm³/mol. The predicted octanol–water partition coefficient (Wildman–Crippen LogP) is 2.79. The summed E-state index contributed by atoms with van der Waals surface area (Å²) in [4.78, 5) is 15.4. The van der Waals surface area contributed by atoms with Gasteiger partial charge >= 0.3 is 4.87 Å². The number of aromatic nitrogens is 1. The van der Waals surface area contributed by atoms with Crippen LogP contribution < -0.4 is 4.87 Å². The molecule has 2 rings (SSSR count). The second kappa shape index (κ2) is 3.66. The van der Waals surface area contributed by atoms with Crippen LogP contribution >= 0.6 is 11.3 Å². The van der Waals surface area contributed by atoms with Gasteiger partial charge in [-0.2, -0.15) is 0 Å². The van der Waals surface area contributed by atoms with Gasteiger partial charge in [0.25, 0.3) is 0 Å². The van der Waals surface area contributed by atoms with Crippen molar-refractivity contribution in [2.45, 2.75) is 44.9 Å². The second-order valence-electron chi connectivity index (χ2n) is 3.82. The normalized spacial score (nSPS) is 19.2. The monoisotopic (exact) mass is 197 g/mol. The number of hydrogen-bond donors (Lipinski definition) is 1. The van der Waals surface area contributed by atoms with Gasteiger partial charge in [-0.3, -0.25) is 4.79 Å². The van der Waals surface area contributed by atoms with E-state index in [1.165, 1.54) is 54.0 Å². The first-order valence-electron chi connectivity index (χ1n) is 4.97. The molecule has 3 heteroatoms. The zero-order chi connectivity index (χ0) is 9.26. The molecular weight excluding hydrogens is 182 g/mol. The van der Waals surface area contributed by atoms with E-state index in [0.29, 0.717) is 5.92 Å². The highest BCUT2D eigenvalue weighted by Crippen LogP contribution is 2.33. The highest BCUT2D eigenvalue weighted by Gasteiger charge is 2.19. The van der Waals surface area contributed by atoms with Crippen molar-refractivity contribution in [1.82, 2.24) is 4.98 Å². The van der Waals surface area contributed by atoms with Crippen LogP contribution in [0.5, 0.6) is 0 Å². The number of thiazole rings is 1. The van der Waals surface area contributed by atoms with Gasteiger partial charge in [-0.05, 0) is 19.8 Å². The van der Waals surface area contributed by atoms with E-state index in [0.717, 1.165) is 0 Å². The molecule has 0 spiro atoms. The van der Waals surface area contributed by atoms with E-state index in [4.69, 9.17) is 0 Å². The van der Waals surface area contributed by atoms with E-state index in [9.17, 15) is 4.79 Å². The topological polar surface area (TPSA) is 32.9 Å². The van der Waals surface area contributed by atoms with E-state index in [1.807, 2.05) is 6.92 Å². The maximum absolute atomic E-state index is 11.1.